The first-order chi connectivity index (χ1) is 16.3. The molecule has 0 spiro atoms. The number of piperazine rings is 1. The molecule has 2 aromatic heterocycles. The van der Waals surface area contributed by atoms with Gasteiger partial charge in [-0.15, -0.1) is 11.3 Å². The van der Waals surface area contributed by atoms with Crippen molar-refractivity contribution in [1.82, 2.24) is 14.9 Å². The summed E-state index contributed by atoms with van der Waals surface area (Å²) in [5.74, 6) is 1.25. The Labute approximate surface area is 200 Å². The van der Waals surface area contributed by atoms with Crippen LogP contribution in [0.3, 0.4) is 0 Å². The number of hydrogen-bond acceptors (Lipinski definition) is 6. The monoisotopic (exact) mass is 490 g/mol. The smallest absolute Gasteiger partial charge is 0.378 e. The number of rotatable bonds is 6. The number of carbonyl (C=O) groups is 1. The third-order valence-corrected chi connectivity index (χ3v) is 6.56. The maximum atomic E-state index is 13.2. The van der Waals surface area contributed by atoms with Crippen molar-refractivity contribution in [3.05, 3.63) is 74.9 Å². The topological polar surface area (TPSA) is 58.6 Å². The van der Waals surface area contributed by atoms with E-state index in [4.69, 9.17) is 4.74 Å². The highest BCUT2D eigenvalue weighted by molar-refractivity contribution is 7.12. The van der Waals surface area contributed by atoms with Crippen LogP contribution in [0.5, 0.6) is 0 Å². The highest BCUT2D eigenvalue weighted by atomic mass is 32.1. The summed E-state index contributed by atoms with van der Waals surface area (Å²) in [4.78, 5) is 26.5. The number of aryl methyl sites for hydroxylation is 1. The lowest BCUT2D eigenvalue weighted by Gasteiger charge is -2.36. The molecule has 1 saturated heterocycles. The molecule has 0 N–H and O–H groups in total. The van der Waals surface area contributed by atoms with Crippen LogP contribution >= 0.6 is 11.3 Å². The minimum atomic E-state index is -4.41. The van der Waals surface area contributed by atoms with Gasteiger partial charge in [0, 0.05) is 45.3 Å². The van der Waals surface area contributed by atoms with E-state index in [9.17, 15) is 18.0 Å². The molecular formula is C24H25F3N4O2S. The molecule has 1 amide bonds. The molecule has 34 heavy (non-hydrogen) atoms. The fraction of sp³-hybridized carbons (Fsp3) is 0.375. The van der Waals surface area contributed by atoms with Gasteiger partial charge in [-0.3, -0.25) is 4.79 Å². The number of benzene rings is 1. The average Bonchev–Trinajstić information content (AvgIpc) is 3.35. The second-order valence-electron chi connectivity index (χ2n) is 8.08. The highest BCUT2D eigenvalue weighted by Gasteiger charge is 2.31. The molecule has 0 saturated carbocycles. The van der Waals surface area contributed by atoms with E-state index in [0.717, 1.165) is 17.7 Å². The summed E-state index contributed by atoms with van der Waals surface area (Å²) in [6.07, 6.45) is -4.17. The van der Waals surface area contributed by atoms with Crippen LogP contribution in [0.1, 0.15) is 37.9 Å². The van der Waals surface area contributed by atoms with Gasteiger partial charge in [0.1, 0.15) is 11.6 Å². The molecule has 1 aromatic carbocycles. The van der Waals surface area contributed by atoms with Gasteiger partial charge in [0.05, 0.1) is 22.7 Å². The molecule has 0 atom stereocenters. The lowest BCUT2D eigenvalue weighted by molar-refractivity contribution is -0.137. The predicted octanol–water partition coefficient (Wildman–Crippen LogP) is 4.56. The van der Waals surface area contributed by atoms with Crippen molar-refractivity contribution in [2.24, 2.45) is 0 Å². The van der Waals surface area contributed by atoms with Gasteiger partial charge in [-0.1, -0.05) is 24.3 Å². The largest absolute Gasteiger partial charge is 0.416 e. The quantitative estimate of drug-likeness (QED) is 0.507. The molecule has 3 aromatic rings. The van der Waals surface area contributed by atoms with Crippen molar-refractivity contribution >= 4 is 23.1 Å². The Morgan fingerprint density at radius 3 is 2.53 bits per heavy atom. The lowest BCUT2D eigenvalue weighted by Crippen LogP contribution is -2.49. The third-order valence-electron chi connectivity index (χ3n) is 5.70. The SMILES string of the molecule is COCc1nc(C)nc(N2CCN(C(=O)c3cccs3)CC2)c1Cc1cccc(C(F)(F)F)c1. The summed E-state index contributed by atoms with van der Waals surface area (Å²) in [6.45, 7) is 4.20. The standard InChI is InChI=1S/C24H25F3N4O2S/c1-16-28-20(15-33-2)19(14-17-5-3-6-18(13-17)24(25,26)27)22(29-16)30-8-10-31(11-9-30)23(32)21-7-4-12-34-21/h3-7,12-13H,8-11,14-15H2,1-2H3. The first-order valence-electron chi connectivity index (χ1n) is 10.9. The zero-order chi connectivity index (χ0) is 24.3. The van der Waals surface area contributed by atoms with Crippen LogP contribution in [-0.2, 0) is 23.9 Å². The van der Waals surface area contributed by atoms with Crippen LogP contribution in [0.25, 0.3) is 0 Å². The van der Waals surface area contributed by atoms with Gasteiger partial charge < -0.3 is 14.5 Å². The van der Waals surface area contributed by atoms with Crippen LogP contribution in [0, 0.1) is 6.92 Å². The molecular weight excluding hydrogens is 465 g/mol. The molecule has 1 aliphatic rings. The van der Waals surface area contributed by atoms with Crippen LogP contribution in [0.4, 0.5) is 19.0 Å². The lowest BCUT2D eigenvalue weighted by atomic mass is 10.0. The van der Waals surface area contributed by atoms with Crippen molar-refractivity contribution in [3.63, 3.8) is 0 Å². The average molecular weight is 491 g/mol. The van der Waals surface area contributed by atoms with Gasteiger partial charge in [-0.05, 0) is 30.0 Å². The molecule has 6 nitrogen and oxygen atoms in total. The summed E-state index contributed by atoms with van der Waals surface area (Å²) < 4.78 is 45.1. The highest BCUT2D eigenvalue weighted by Crippen LogP contribution is 2.31. The molecule has 4 rings (SSSR count). The van der Waals surface area contributed by atoms with Gasteiger partial charge in [-0.25, -0.2) is 9.97 Å². The van der Waals surface area contributed by atoms with E-state index in [-0.39, 0.29) is 18.9 Å². The van der Waals surface area contributed by atoms with Gasteiger partial charge >= 0.3 is 6.18 Å². The Morgan fingerprint density at radius 1 is 1.12 bits per heavy atom. The fourth-order valence-corrected chi connectivity index (χ4v) is 4.77. The van der Waals surface area contributed by atoms with E-state index in [2.05, 4.69) is 14.9 Å². The van der Waals surface area contributed by atoms with Crippen LogP contribution < -0.4 is 4.90 Å². The number of carbonyl (C=O) groups excluding carboxylic acids is 1. The second-order valence-corrected chi connectivity index (χ2v) is 9.03. The number of methoxy groups -OCH3 is 1. The van der Waals surface area contributed by atoms with Gasteiger partial charge in [0.2, 0.25) is 0 Å². The Balaban J connectivity index is 1.61. The summed E-state index contributed by atoms with van der Waals surface area (Å²) in [5.41, 5.74) is 1.23. The number of anilines is 1. The molecule has 1 fully saturated rings. The zero-order valence-electron chi connectivity index (χ0n) is 18.9. The zero-order valence-corrected chi connectivity index (χ0v) is 19.7. The second kappa shape index (κ2) is 10.1. The van der Waals surface area contributed by atoms with E-state index in [1.807, 2.05) is 22.4 Å². The Morgan fingerprint density at radius 2 is 1.88 bits per heavy atom. The van der Waals surface area contributed by atoms with E-state index in [1.165, 1.54) is 17.4 Å². The summed E-state index contributed by atoms with van der Waals surface area (Å²) in [5, 5.41) is 1.88. The van der Waals surface area contributed by atoms with E-state index >= 15 is 0 Å². The molecule has 0 unspecified atom stereocenters. The van der Waals surface area contributed by atoms with Gasteiger partial charge in [-0.2, -0.15) is 13.2 Å². The van der Waals surface area contributed by atoms with Gasteiger partial charge in [0.25, 0.3) is 5.91 Å². The van der Waals surface area contributed by atoms with Gasteiger partial charge in [0.15, 0.2) is 0 Å². The van der Waals surface area contributed by atoms with Crippen molar-refractivity contribution in [3.8, 4) is 0 Å². The number of ether oxygens (including phenoxy) is 1. The van der Waals surface area contributed by atoms with Crippen LogP contribution in [-0.4, -0.2) is 54.1 Å². The number of alkyl halides is 3. The van der Waals surface area contributed by atoms with Crippen molar-refractivity contribution in [1.29, 1.82) is 0 Å². The van der Waals surface area contributed by atoms with Crippen molar-refractivity contribution in [2.75, 3.05) is 38.2 Å². The van der Waals surface area contributed by atoms with E-state index in [1.54, 1.807) is 20.1 Å². The summed E-state index contributed by atoms with van der Waals surface area (Å²) in [6, 6.07) is 8.99. The maximum Gasteiger partial charge on any atom is 0.416 e. The Kier molecular flexibility index (Phi) is 7.18. The Bertz CT molecular complexity index is 1140. The predicted molar refractivity (Wildman–Crippen MR) is 124 cm³/mol. The minimum absolute atomic E-state index is 0.0118. The number of hydrogen-bond donors (Lipinski definition) is 0. The first-order valence-corrected chi connectivity index (χ1v) is 11.7. The number of nitrogens with zero attached hydrogens (tertiary/aromatic N) is 4. The first kappa shape index (κ1) is 24.2. The number of halogens is 3. The summed E-state index contributed by atoms with van der Waals surface area (Å²) in [7, 11) is 1.56. The normalized spacial score (nSPS) is 14.5. The van der Waals surface area contributed by atoms with Crippen molar-refractivity contribution in [2.45, 2.75) is 26.1 Å². The molecule has 3 heterocycles. The van der Waals surface area contributed by atoms with Crippen molar-refractivity contribution < 1.29 is 22.7 Å². The summed E-state index contributed by atoms with van der Waals surface area (Å²) >= 11 is 1.42. The Hall–Kier alpha value is -2.98. The van der Waals surface area contributed by atoms with Crippen LogP contribution in [0.15, 0.2) is 41.8 Å². The molecule has 180 valence electrons. The number of aromatic nitrogens is 2. The molecule has 0 radical (unpaired) electrons. The van der Waals surface area contributed by atoms with E-state index in [0.29, 0.717) is 54.0 Å². The number of amides is 1. The van der Waals surface area contributed by atoms with Crippen LogP contribution in [0.2, 0.25) is 0 Å². The molecule has 1 aliphatic heterocycles. The molecule has 0 aliphatic carbocycles. The third kappa shape index (κ3) is 5.39. The molecule has 0 bridgehead atoms. The molecule has 10 heteroatoms. The number of thiophene rings is 1. The fourth-order valence-electron chi connectivity index (χ4n) is 4.08. The minimum Gasteiger partial charge on any atom is -0.378 e. The van der Waals surface area contributed by atoms with E-state index < -0.39 is 11.7 Å². The maximum absolute atomic E-state index is 13.2.